The van der Waals surface area contributed by atoms with Crippen molar-refractivity contribution in [3.63, 3.8) is 0 Å². The van der Waals surface area contributed by atoms with Crippen molar-refractivity contribution < 1.29 is 9.47 Å². The van der Waals surface area contributed by atoms with Crippen molar-refractivity contribution in [3.8, 4) is 5.75 Å². The molecule has 1 aliphatic rings. The summed E-state index contributed by atoms with van der Waals surface area (Å²) in [6.07, 6.45) is 7.89. The maximum atomic E-state index is 5.49. The highest BCUT2D eigenvalue weighted by Gasteiger charge is 2.10. The molecule has 1 aliphatic heterocycles. The molecule has 1 saturated heterocycles. The van der Waals surface area contributed by atoms with Crippen molar-refractivity contribution in [1.29, 1.82) is 0 Å². The third-order valence-corrected chi connectivity index (χ3v) is 4.30. The number of hydrogen-bond donors (Lipinski definition) is 0. The van der Waals surface area contributed by atoms with E-state index in [0.29, 0.717) is 0 Å². The largest absolute Gasteiger partial charge is 0.496 e. The lowest BCUT2D eigenvalue weighted by molar-refractivity contribution is 0.0374. The topological polar surface area (TPSA) is 39.5 Å². The number of aryl methyl sites for hydroxylation is 1. The summed E-state index contributed by atoms with van der Waals surface area (Å²) in [7, 11) is 1.73. The van der Waals surface area contributed by atoms with Crippen molar-refractivity contribution in [2.75, 3.05) is 40.0 Å². The number of hydrogen-bond acceptors (Lipinski definition) is 4. The van der Waals surface area contributed by atoms with Crippen LogP contribution in [0.2, 0.25) is 0 Å². The number of aromatic nitrogens is 2. The van der Waals surface area contributed by atoms with Gasteiger partial charge >= 0.3 is 0 Å². The molecule has 6 heteroatoms. The Hall–Kier alpha value is -1.56. The highest BCUT2D eigenvalue weighted by Crippen LogP contribution is 2.22. The maximum absolute atomic E-state index is 5.49. The quantitative estimate of drug-likeness (QED) is 0.768. The average molecular weight is 352 g/mol. The molecule has 2 heterocycles. The molecule has 0 bridgehead atoms. The van der Waals surface area contributed by atoms with Crippen molar-refractivity contribution in [2.24, 2.45) is 0 Å². The van der Waals surface area contributed by atoms with Gasteiger partial charge in [0.2, 0.25) is 0 Å². The van der Waals surface area contributed by atoms with Gasteiger partial charge in [0.05, 0.1) is 33.2 Å². The first-order valence-corrected chi connectivity index (χ1v) is 8.27. The van der Waals surface area contributed by atoms with Crippen LogP contribution in [0.1, 0.15) is 17.5 Å². The van der Waals surface area contributed by atoms with Crippen LogP contribution in [-0.2, 0) is 17.7 Å². The number of nitrogens with zero attached hydrogens (tertiary/aromatic N) is 3. The van der Waals surface area contributed by atoms with Gasteiger partial charge in [-0.15, -0.1) is 12.4 Å². The number of methoxy groups -OCH3 is 1. The zero-order valence-corrected chi connectivity index (χ0v) is 15.0. The molecule has 1 aromatic heterocycles. The molecule has 1 fully saturated rings. The van der Waals surface area contributed by atoms with Crippen LogP contribution in [0.4, 0.5) is 0 Å². The van der Waals surface area contributed by atoms with Crippen molar-refractivity contribution in [2.45, 2.75) is 19.4 Å². The SMILES string of the molecule is COc1ccc(CCCN2CCOCC2)cc1Cn1ccnc1.Cl. The molecule has 132 valence electrons. The molecular weight excluding hydrogens is 326 g/mol. The molecule has 0 aliphatic carbocycles. The molecule has 0 saturated carbocycles. The predicted molar refractivity (Wildman–Crippen MR) is 97.2 cm³/mol. The summed E-state index contributed by atoms with van der Waals surface area (Å²) in [5, 5.41) is 0. The molecule has 0 radical (unpaired) electrons. The highest BCUT2D eigenvalue weighted by molar-refractivity contribution is 5.85. The van der Waals surface area contributed by atoms with E-state index < -0.39 is 0 Å². The summed E-state index contributed by atoms with van der Waals surface area (Å²) >= 11 is 0. The molecule has 0 amide bonds. The lowest BCUT2D eigenvalue weighted by atomic mass is 10.0. The van der Waals surface area contributed by atoms with E-state index in [0.717, 1.165) is 51.6 Å². The molecule has 5 nitrogen and oxygen atoms in total. The summed E-state index contributed by atoms with van der Waals surface area (Å²) in [6.45, 7) is 5.81. The molecule has 3 rings (SSSR count). The average Bonchev–Trinajstić information content (AvgIpc) is 3.09. The minimum Gasteiger partial charge on any atom is -0.496 e. The van der Waals surface area contributed by atoms with Gasteiger partial charge in [0, 0.05) is 31.0 Å². The predicted octanol–water partition coefficient (Wildman–Crippen LogP) is 2.63. The Bertz CT molecular complexity index is 598. The van der Waals surface area contributed by atoms with Gasteiger partial charge < -0.3 is 14.0 Å². The maximum Gasteiger partial charge on any atom is 0.123 e. The highest BCUT2D eigenvalue weighted by atomic mass is 35.5. The Morgan fingerprint density at radius 3 is 2.79 bits per heavy atom. The number of morpholine rings is 1. The van der Waals surface area contributed by atoms with Crippen LogP contribution in [0.3, 0.4) is 0 Å². The van der Waals surface area contributed by atoms with E-state index >= 15 is 0 Å². The van der Waals surface area contributed by atoms with Gasteiger partial charge in [0.1, 0.15) is 5.75 Å². The molecule has 2 aromatic rings. The fourth-order valence-corrected chi connectivity index (χ4v) is 3.02. The van der Waals surface area contributed by atoms with Gasteiger partial charge in [-0.2, -0.15) is 0 Å². The number of halogens is 1. The molecule has 1 aromatic carbocycles. The van der Waals surface area contributed by atoms with E-state index in [4.69, 9.17) is 9.47 Å². The Morgan fingerprint density at radius 1 is 1.25 bits per heavy atom. The normalized spacial score (nSPS) is 15.0. The van der Waals surface area contributed by atoms with E-state index in [2.05, 4.69) is 32.7 Å². The Balaban J connectivity index is 0.00000208. The lowest BCUT2D eigenvalue weighted by Gasteiger charge is -2.26. The van der Waals surface area contributed by atoms with Crippen LogP contribution in [0.5, 0.6) is 5.75 Å². The number of benzene rings is 1. The van der Waals surface area contributed by atoms with Gasteiger partial charge in [-0.1, -0.05) is 12.1 Å². The van der Waals surface area contributed by atoms with Crippen molar-refractivity contribution >= 4 is 12.4 Å². The monoisotopic (exact) mass is 351 g/mol. The third-order valence-electron chi connectivity index (χ3n) is 4.30. The van der Waals surface area contributed by atoms with Crippen LogP contribution in [0.25, 0.3) is 0 Å². The summed E-state index contributed by atoms with van der Waals surface area (Å²) in [5.41, 5.74) is 2.57. The van der Waals surface area contributed by atoms with Gasteiger partial charge in [-0.25, -0.2) is 4.98 Å². The first-order chi connectivity index (χ1) is 11.3. The zero-order chi connectivity index (χ0) is 15.9. The van der Waals surface area contributed by atoms with Crippen LogP contribution in [0, 0.1) is 0 Å². The second-order valence-corrected chi connectivity index (χ2v) is 5.94. The second-order valence-electron chi connectivity index (χ2n) is 5.94. The van der Waals surface area contributed by atoms with Crippen LogP contribution < -0.4 is 4.74 Å². The van der Waals surface area contributed by atoms with Gasteiger partial charge in [-0.3, -0.25) is 4.90 Å². The van der Waals surface area contributed by atoms with Crippen LogP contribution in [0.15, 0.2) is 36.9 Å². The standard InChI is InChI=1S/C18H25N3O2.ClH/c1-22-18-5-4-16(3-2-7-20-9-11-23-12-10-20)13-17(18)14-21-8-6-19-15-21;/h4-6,8,13,15H,2-3,7,9-12,14H2,1H3;1H. The number of rotatable bonds is 7. The number of imidazole rings is 1. The first-order valence-electron chi connectivity index (χ1n) is 8.27. The molecule has 0 unspecified atom stereocenters. The minimum atomic E-state index is 0. The van der Waals surface area contributed by atoms with Crippen LogP contribution in [-0.4, -0.2) is 54.4 Å². The lowest BCUT2D eigenvalue weighted by Crippen LogP contribution is -2.36. The van der Waals surface area contributed by atoms with Gasteiger partial charge in [0.15, 0.2) is 0 Å². The molecule has 24 heavy (non-hydrogen) atoms. The Kier molecular flexibility index (Phi) is 7.56. The summed E-state index contributed by atoms with van der Waals surface area (Å²) in [5.74, 6) is 0.940. The van der Waals surface area contributed by atoms with E-state index in [1.54, 1.807) is 13.3 Å². The molecule has 0 atom stereocenters. The fraction of sp³-hybridized carbons (Fsp3) is 0.500. The van der Waals surface area contributed by atoms with E-state index in [-0.39, 0.29) is 12.4 Å². The third kappa shape index (κ3) is 5.23. The van der Waals surface area contributed by atoms with Gasteiger partial charge in [0.25, 0.3) is 0 Å². The molecule has 0 spiro atoms. The van der Waals surface area contributed by atoms with E-state index in [9.17, 15) is 0 Å². The zero-order valence-electron chi connectivity index (χ0n) is 14.2. The summed E-state index contributed by atoms with van der Waals surface area (Å²) < 4.78 is 13.0. The molecular formula is C18H26ClN3O2. The molecule has 0 N–H and O–H groups in total. The number of ether oxygens (including phenoxy) is 2. The fourth-order valence-electron chi connectivity index (χ4n) is 3.02. The smallest absolute Gasteiger partial charge is 0.123 e. The summed E-state index contributed by atoms with van der Waals surface area (Å²) in [4.78, 5) is 6.59. The van der Waals surface area contributed by atoms with E-state index in [1.807, 2.05) is 12.5 Å². The van der Waals surface area contributed by atoms with E-state index in [1.165, 1.54) is 17.5 Å². The Morgan fingerprint density at radius 2 is 2.08 bits per heavy atom. The van der Waals surface area contributed by atoms with Crippen LogP contribution >= 0.6 is 12.4 Å². The Labute approximate surface area is 150 Å². The summed E-state index contributed by atoms with van der Waals surface area (Å²) in [6, 6.07) is 6.52. The van der Waals surface area contributed by atoms with Crippen molar-refractivity contribution in [1.82, 2.24) is 14.5 Å². The second kappa shape index (κ2) is 9.67. The van der Waals surface area contributed by atoms with Crippen molar-refractivity contribution in [3.05, 3.63) is 48.0 Å². The van der Waals surface area contributed by atoms with Gasteiger partial charge in [-0.05, 0) is 31.0 Å². The minimum absolute atomic E-state index is 0. The first kappa shape index (κ1) is 18.8.